The third-order valence-electron chi connectivity index (χ3n) is 2.90. The number of hydrogen-bond donors (Lipinski definition) is 0. The summed E-state index contributed by atoms with van der Waals surface area (Å²) in [5, 5.41) is 0. The second kappa shape index (κ2) is 5.66. The van der Waals surface area contributed by atoms with Crippen LogP contribution in [0.5, 0.6) is 0 Å². The zero-order chi connectivity index (χ0) is 11.3. The highest BCUT2D eigenvalue weighted by Crippen LogP contribution is 2.34. The van der Waals surface area contributed by atoms with Gasteiger partial charge in [0.25, 0.3) is 0 Å². The molecule has 1 saturated heterocycles. The molecule has 0 amide bonds. The Morgan fingerprint density at radius 3 is 2.87 bits per heavy atom. The van der Waals surface area contributed by atoms with Gasteiger partial charge in [0.1, 0.15) is 0 Å². The van der Waals surface area contributed by atoms with Crippen molar-refractivity contribution in [2.24, 2.45) is 0 Å². The number of ether oxygens (including phenoxy) is 2. The third kappa shape index (κ3) is 4.35. The second-order valence-corrected chi connectivity index (χ2v) is 4.81. The minimum atomic E-state index is 0.0335. The molecule has 0 aromatic rings. The summed E-state index contributed by atoms with van der Waals surface area (Å²) in [5.74, 6) is 0. The first-order valence-electron chi connectivity index (χ1n) is 5.98. The van der Waals surface area contributed by atoms with Crippen molar-refractivity contribution in [1.82, 2.24) is 0 Å². The van der Waals surface area contributed by atoms with E-state index in [9.17, 15) is 0 Å². The molecule has 1 heterocycles. The Hall–Kier alpha value is -0.340. The molecule has 0 aromatic carbocycles. The van der Waals surface area contributed by atoms with E-state index in [-0.39, 0.29) is 11.9 Å². The molecule has 2 heteroatoms. The molecule has 0 N–H and O–H groups in total. The number of hydrogen-bond acceptors (Lipinski definition) is 2. The number of rotatable bonds is 5. The van der Waals surface area contributed by atoms with E-state index in [1.54, 1.807) is 0 Å². The van der Waals surface area contributed by atoms with E-state index in [0.717, 1.165) is 32.3 Å². The summed E-state index contributed by atoms with van der Waals surface area (Å²) in [6.45, 7) is 9.24. The van der Waals surface area contributed by atoms with E-state index >= 15 is 0 Å². The van der Waals surface area contributed by atoms with E-state index in [1.165, 1.54) is 5.57 Å². The first kappa shape index (κ1) is 12.7. The average Bonchev–Trinajstić information content (AvgIpc) is 2.48. The molecule has 88 valence electrons. The molecule has 2 nitrogen and oxygen atoms in total. The highest BCUT2D eigenvalue weighted by atomic mass is 16.7. The van der Waals surface area contributed by atoms with Gasteiger partial charge in [0.15, 0.2) is 6.29 Å². The first-order chi connectivity index (χ1) is 7.06. The maximum Gasteiger partial charge on any atom is 0.158 e. The van der Waals surface area contributed by atoms with Gasteiger partial charge in [-0.1, -0.05) is 11.6 Å². The smallest absolute Gasteiger partial charge is 0.158 e. The fraction of sp³-hybridized carbons (Fsp3) is 0.846. The Morgan fingerprint density at radius 1 is 1.53 bits per heavy atom. The van der Waals surface area contributed by atoms with Crippen molar-refractivity contribution in [2.75, 3.05) is 6.61 Å². The molecule has 0 bridgehead atoms. The van der Waals surface area contributed by atoms with Crippen LogP contribution in [0.25, 0.3) is 0 Å². The van der Waals surface area contributed by atoms with E-state index in [1.807, 2.05) is 6.92 Å². The van der Waals surface area contributed by atoms with Crippen LogP contribution in [0, 0.1) is 0 Å². The fourth-order valence-corrected chi connectivity index (χ4v) is 2.01. The van der Waals surface area contributed by atoms with Crippen LogP contribution in [0.2, 0.25) is 0 Å². The van der Waals surface area contributed by atoms with Crippen molar-refractivity contribution < 1.29 is 9.47 Å². The molecule has 2 atom stereocenters. The second-order valence-electron chi connectivity index (χ2n) is 4.81. The molecule has 0 unspecified atom stereocenters. The monoisotopic (exact) mass is 212 g/mol. The van der Waals surface area contributed by atoms with Gasteiger partial charge in [-0.15, -0.1) is 0 Å². The van der Waals surface area contributed by atoms with Crippen LogP contribution in [0.15, 0.2) is 11.6 Å². The molecule has 0 radical (unpaired) electrons. The van der Waals surface area contributed by atoms with Crippen molar-refractivity contribution in [1.29, 1.82) is 0 Å². The lowest BCUT2D eigenvalue weighted by Gasteiger charge is -2.24. The van der Waals surface area contributed by atoms with Crippen molar-refractivity contribution in [3.63, 3.8) is 0 Å². The molecular weight excluding hydrogens is 188 g/mol. The van der Waals surface area contributed by atoms with Gasteiger partial charge < -0.3 is 9.47 Å². The summed E-state index contributed by atoms with van der Waals surface area (Å²) >= 11 is 0. The highest BCUT2D eigenvalue weighted by Gasteiger charge is 2.35. The summed E-state index contributed by atoms with van der Waals surface area (Å²) in [6.07, 6.45) is 6.68. The van der Waals surface area contributed by atoms with E-state index < -0.39 is 0 Å². The van der Waals surface area contributed by atoms with Gasteiger partial charge in [0.2, 0.25) is 0 Å². The Kier molecular flexibility index (Phi) is 4.81. The predicted octanol–water partition coefficient (Wildman–Crippen LogP) is 3.66. The van der Waals surface area contributed by atoms with Crippen LogP contribution in [0.1, 0.15) is 53.4 Å². The third-order valence-corrected chi connectivity index (χ3v) is 2.90. The lowest BCUT2D eigenvalue weighted by Crippen LogP contribution is -2.25. The van der Waals surface area contributed by atoms with E-state index in [4.69, 9.17) is 9.47 Å². The van der Waals surface area contributed by atoms with E-state index in [2.05, 4.69) is 26.8 Å². The first-order valence-corrected chi connectivity index (χ1v) is 5.98. The Labute approximate surface area is 93.7 Å². The normalized spacial score (nSPS) is 30.5. The molecule has 1 aliphatic rings. The summed E-state index contributed by atoms with van der Waals surface area (Å²) in [6, 6.07) is 0. The maximum atomic E-state index is 5.92. The quantitative estimate of drug-likeness (QED) is 0.647. The van der Waals surface area contributed by atoms with Crippen LogP contribution in [0.3, 0.4) is 0 Å². The maximum absolute atomic E-state index is 5.92. The van der Waals surface area contributed by atoms with Gasteiger partial charge in [0.05, 0.1) is 5.60 Å². The topological polar surface area (TPSA) is 18.5 Å². The largest absolute Gasteiger partial charge is 0.353 e. The minimum absolute atomic E-state index is 0.0335. The van der Waals surface area contributed by atoms with Crippen LogP contribution in [-0.4, -0.2) is 18.5 Å². The molecule has 1 fully saturated rings. The molecule has 1 rings (SSSR count). The molecule has 0 spiro atoms. The van der Waals surface area contributed by atoms with Crippen LogP contribution >= 0.6 is 0 Å². The van der Waals surface area contributed by atoms with Gasteiger partial charge in [-0.3, -0.25) is 0 Å². The Balaban J connectivity index is 2.32. The molecule has 1 aliphatic heterocycles. The van der Waals surface area contributed by atoms with E-state index in [0.29, 0.717) is 0 Å². The SMILES string of the molecule is CCO[C@H]1CC[C@@](C)(CCC=C(C)C)O1. The Bertz CT molecular complexity index is 219. The standard InChI is InChI=1S/C13H24O2/c1-5-14-12-8-10-13(4,15-12)9-6-7-11(2)3/h7,12H,5-6,8-10H2,1-4H3/t12-,13-/m1/s1. The lowest BCUT2D eigenvalue weighted by molar-refractivity contribution is -0.162. The lowest BCUT2D eigenvalue weighted by atomic mass is 9.96. The molecular formula is C13H24O2. The zero-order valence-electron chi connectivity index (χ0n) is 10.5. The van der Waals surface area contributed by atoms with Crippen LogP contribution < -0.4 is 0 Å². The average molecular weight is 212 g/mol. The van der Waals surface area contributed by atoms with Crippen molar-refractivity contribution in [3.05, 3.63) is 11.6 Å². The summed E-state index contributed by atoms with van der Waals surface area (Å²) in [4.78, 5) is 0. The molecule has 15 heavy (non-hydrogen) atoms. The molecule has 0 saturated carbocycles. The van der Waals surface area contributed by atoms with Gasteiger partial charge in [-0.05, 0) is 47.0 Å². The Morgan fingerprint density at radius 2 is 2.27 bits per heavy atom. The minimum Gasteiger partial charge on any atom is -0.353 e. The van der Waals surface area contributed by atoms with Gasteiger partial charge in [-0.2, -0.15) is 0 Å². The summed E-state index contributed by atoms with van der Waals surface area (Å²) in [5.41, 5.74) is 1.42. The van der Waals surface area contributed by atoms with Crippen LogP contribution in [-0.2, 0) is 9.47 Å². The fourth-order valence-electron chi connectivity index (χ4n) is 2.01. The predicted molar refractivity (Wildman–Crippen MR) is 62.8 cm³/mol. The van der Waals surface area contributed by atoms with Crippen molar-refractivity contribution in [3.8, 4) is 0 Å². The van der Waals surface area contributed by atoms with Crippen molar-refractivity contribution >= 4 is 0 Å². The van der Waals surface area contributed by atoms with Crippen molar-refractivity contribution in [2.45, 2.75) is 65.3 Å². The molecule has 0 aliphatic carbocycles. The number of allylic oxidation sites excluding steroid dienone is 2. The van der Waals surface area contributed by atoms with Crippen LogP contribution in [0.4, 0.5) is 0 Å². The van der Waals surface area contributed by atoms with Gasteiger partial charge in [0, 0.05) is 13.0 Å². The summed E-state index contributed by atoms with van der Waals surface area (Å²) in [7, 11) is 0. The van der Waals surface area contributed by atoms with Gasteiger partial charge in [-0.25, -0.2) is 0 Å². The molecule has 0 aromatic heterocycles. The zero-order valence-corrected chi connectivity index (χ0v) is 10.5. The highest BCUT2D eigenvalue weighted by molar-refractivity contribution is 4.95. The summed E-state index contributed by atoms with van der Waals surface area (Å²) < 4.78 is 11.4. The van der Waals surface area contributed by atoms with Gasteiger partial charge >= 0.3 is 0 Å².